The highest BCUT2D eigenvalue weighted by molar-refractivity contribution is 5.09. The molecule has 1 rings (SSSR count). The summed E-state index contributed by atoms with van der Waals surface area (Å²) < 4.78 is 63.0. The van der Waals surface area contributed by atoms with Crippen molar-refractivity contribution >= 4 is 0 Å². The first-order valence-corrected chi connectivity index (χ1v) is 4.21. The molecule has 1 aliphatic rings. The lowest BCUT2D eigenvalue weighted by atomic mass is 9.86. The molecule has 3 atom stereocenters. The maximum Gasteiger partial charge on any atom is 0.423 e. The van der Waals surface area contributed by atoms with Crippen LogP contribution >= 0.6 is 0 Å². The molecule has 1 fully saturated rings. The zero-order valence-corrected chi connectivity index (χ0v) is 7.70. The minimum Gasteiger partial charge on any atom is -0.376 e. The second kappa shape index (κ2) is 2.81. The highest BCUT2D eigenvalue weighted by atomic mass is 19.4. The topological polar surface area (TPSA) is 20.2 Å². The molecule has 0 bridgehead atoms. The zero-order chi connectivity index (χ0) is 11.4. The van der Waals surface area contributed by atoms with E-state index in [1.807, 2.05) is 0 Å². The maximum atomic E-state index is 13.0. The van der Waals surface area contributed by atoms with Crippen molar-refractivity contribution in [3.8, 4) is 0 Å². The summed E-state index contributed by atoms with van der Waals surface area (Å²) in [6, 6.07) is 0. The van der Waals surface area contributed by atoms with Gasteiger partial charge in [-0.2, -0.15) is 13.2 Å². The van der Waals surface area contributed by atoms with Gasteiger partial charge in [0.1, 0.15) is 0 Å². The van der Waals surface area contributed by atoms with E-state index in [9.17, 15) is 22.0 Å². The van der Waals surface area contributed by atoms with Crippen LogP contribution in [0, 0.1) is 11.8 Å². The van der Waals surface area contributed by atoms with E-state index in [2.05, 4.69) is 0 Å². The Bertz CT molecular complexity index is 236. The predicted octanol–water partition coefficient (Wildman–Crippen LogP) is 2.59. The molecule has 0 aliphatic heterocycles. The highest BCUT2D eigenvalue weighted by Gasteiger charge is 2.75. The average molecular weight is 218 g/mol. The van der Waals surface area contributed by atoms with Gasteiger partial charge in [0.25, 0.3) is 5.92 Å². The fourth-order valence-electron chi connectivity index (χ4n) is 1.95. The molecular formula is C8H11F5O. The molecule has 6 heteroatoms. The van der Waals surface area contributed by atoms with Crippen LogP contribution in [-0.4, -0.2) is 22.8 Å². The lowest BCUT2D eigenvalue weighted by Gasteiger charge is -2.35. The summed E-state index contributed by atoms with van der Waals surface area (Å²) in [5.41, 5.74) is -3.88. The first-order valence-electron chi connectivity index (χ1n) is 4.21. The standard InChI is InChI=1S/C8H11F5O/c1-4-3-6(9,10)7(14,5(4)2)8(11,12)13/h4-5,14H,3H2,1-2H3. The average Bonchev–Trinajstić information content (AvgIpc) is 2.10. The van der Waals surface area contributed by atoms with Crippen LogP contribution in [0.1, 0.15) is 20.3 Å². The van der Waals surface area contributed by atoms with E-state index in [4.69, 9.17) is 5.11 Å². The number of rotatable bonds is 0. The summed E-state index contributed by atoms with van der Waals surface area (Å²) in [6.45, 7) is 2.28. The second-order valence-electron chi connectivity index (χ2n) is 3.94. The van der Waals surface area contributed by atoms with Gasteiger partial charge in [-0.25, -0.2) is 8.78 Å². The minimum absolute atomic E-state index is 0.850. The van der Waals surface area contributed by atoms with Crippen molar-refractivity contribution in [3.05, 3.63) is 0 Å². The number of halogens is 5. The summed E-state index contributed by atoms with van der Waals surface area (Å²) in [7, 11) is 0. The van der Waals surface area contributed by atoms with Gasteiger partial charge < -0.3 is 5.11 Å². The summed E-state index contributed by atoms with van der Waals surface area (Å²) in [5.74, 6) is -6.43. The fraction of sp³-hybridized carbons (Fsp3) is 1.00. The van der Waals surface area contributed by atoms with Crippen LogP contribution in [0.3, 0.4) is 0 Å². The number of alkyl halides is 5. The molecule has 0 saturated heterocycles. The molecule has 1 N–H and O–H groups in total. The van der Waals surface area contributed by atoms with Gasteiger partial charge in [-0.05, 0) is 5.92 Å². The summed E-state index contributed by atoms with van der Waals surface area (Å²) >= 11 is 0. The molecule has 0 aromatic heterocycles. The quantitative estimate of drug-likeness (QED) is 0.619. The van der Waals surface area contributed by atoms with Gasteiger partial charge in [0, 0.05) is 12.3 Å². The summed E-state index contributed by atoms with van der Waals surface area (Å²) in [5, 5.41) is 9.12. The Morgan fingerprint density at radius 3 is 1.79 bits per heavy atom. The maximum absolute atomic E-state index is 13.0. The number of hydrogen-bond acceptors (Lipinski definition) is 1. The Morgan fingerprint density at radius 2 is 1.64 bits per heavy atom. The SMILES string of the molecule is CC1CC(F)(F)C(O)(C(F)(F)F)C1C. The minimum atomic E-state index is -5.29. The van der Waals surface area contributed by atoms with Crippen LogP contribution in [0.4, 0.5) is 22.0 Å². The van der Waals surface area contributed by atoms with Crippen LogP contribution in [0.5, 0.6) is 0 Å². The van der Waals surface area contributed by atoms with Crippen molar-refractivity contribution in [1.82, 2.24) is 0 Å². The van der Waals surface area contributed by atoms with Crippen molar-refractivity contribution in [2.75, 3.05) is 0 Å². The zero-order valence-electron chi connectivity index (χ0n) is 7.70. The van der Waals surface area contributed by atoms with Gasteiger partial charge in [-0.3, -0.25) is 0 Å². The van der Waals surface area contributed by atoms with Crippen LogP contribution in [-0.2, 0) is 0 Å². The van der Waals surface area contributed by atoms with Crippen LogP contribution in [0.2, 0.25) is 0 Å². The third-order valence-corrected chi connectivity index (χ3v) is 3.08. The summed E-state index contributed by atoms with van der Waals surface area (Å²) in [6.07, 6.45) is -6.22. The van der Waals surface area contributed by atoms with Crippen LogP contribution in [0.25, 0.3) is 0 Å². The van der Waals surface area contributed by atoms with E-state index in [-0.39, 0.29) is 0 Å². The highest BCUT2D eigenvalue weighted by Crippen LogP contribution is 2.57. The fourth-order valence-corrected chi connectivity index (χ4v) is 1.95. The molecule has 0 aromatic carbocycles. The molecule has 0 heterocycles. The molecule has 1 saturated carbocycles. The molecule has 1 nitrogen and oxygen atoms in total. The Morgan fingerprint density at radius 1 is 1.21 bits per heavy atom. The molecule has 0 spiro atoms. The van der Waals surface area contributed by atoms with Crippen LogP contribution in [0.15, 0.2) is 0 Å². The number of hydrogen-bond donors (Lipinski definition) is 1. The van der Waals surface area contributed by atoms with Crippen molar-refractivity contribution in [3.63, 3.8) is 0 Å². The molecule has 1 aliphatic carbocycles. The van der Waals surface area contributed by atoms with E-state index in [1.54, 1.807) is 0 Å². The van der Waals surface area contributed by atoms with Gasteiger partial charge in [0.15, 0.2) is 0 Å². The number of aliphatic hydroxyl groups is 1. The van der Waals surface area contributed by atoms with E-state index in [0.717, 1.165) is 6.92 Å². The second-order valence-corrected chi connectivity index (χ2v) is 3.94. The van der Waals surface area contributed by atoms with Crippen molar-refractivity contribution < 1.29 is 27.1 Å². The van der Waals surface area contributed by atoms with E-state index < -0.39 is 36.0 Å². The lowest BCUT2D eigenvalue weighted by molar-refractivity contribution is -0.332. The van der Waals surface area contributed by atoms with Crippen molar-refractivity contribution in [2.45, 2.75) is 38.0 Å². The van der Waals surface area contributed by atoms with Gasteiger partial charge in [0.2, 0.25) is 5.60 Å². The van der Waals surface area contributed by atoms with Crippen molar-refractivity contribution in [1.29, 1.82) is 0 Å². The monoisotopic (exact) mass is 218 g/mol. The first kappa shape index (κ1) is 11.7. The van der Waals surface area contributed by atoms with E-state index in [1.165, 1.54) is 6.92 Å². The van der Waals surface area contributed by atoms with Crippen molar-refractivity contribution in [2.24, 2.45) is 11.8 Å². The van der Waals surface area contributed by atoms with Crippen LogP contribution < -0.4 is 0 Å². The molecule has 0 aromatic rings. The molecule has 0 amide bonds. The van der Waals surface area contributed by atoms with Gasteiger partial charge in [-0.1, -0.05) is 13.8 Å². The third-order valence-electron chi connectivity index (χ3n) is 3.08. The smallest absolute Gasteiger partial charge is 0.376 e. The summed E-state index contributed by atoms with van der Waals surface area (Å²) in [4.78, 5) is 0. The Hall–Kier alpha value is -0.390. The third kappa shape index (κ3) is 1.23. The Balaban J connectivity index is 3.18. The normalized spacial score (nSPS) is 42.9. The van der Waals surface area contributed by atoms with E-state index >= 15 is 0 Å². The Labute approximate surface area is 77.9 Å². The first-order chi connectivity index (χ1) is 6.04. The molecule has 0 radical (unpaired) electrons. The van der Waals surface area contributed by atoms with Gasteiger partial charge in [0.05, 0.1) is 0 Å². The van der Waals surface area contributed by atoms with Gasteiger partial charge in [-0.15, -0.1) is 0 Å². The predicted molar refractivity (Wildman–Crippen MR) is 38.9 cm³/mol. The Kier molecular flexibility index (Phi) is 2.34. The molecule has 84 valence electrons. The molecular weight excluding hydrogens is 207 g/mol. The van der Waals surface area contributed by atoms with E-state index in [0.29, 0.717) is 0 Å². The van der Waals surface area contributed by atoms with Gasteiger partial charge >= 0.3 is 6.18 Å². The molecule has 14 heavy (non-hydrogen) atoms. The molecule has 3 unspecified atom stereocenters. The lowest BCUT2D eigenvalue weighted by Crippen LogP contribution is -2.58. The largest absolute Gasteiger partial charge is 0.423 e.